The molecule has 0 spiro atoms. The summed E-state index contributed by atoms with van der Waals surface area (Å²) in [6.45, 7) is 3.98. The van der Waals surface area contributed by atoms with Gasteiger partial charge in [-0.25, -0.2) is 8.78 Å². The van der Waals surface area contributed by atoms with Crippen LogP contribution in [0.15, 0.2) is 18.2 Å². The molecule has 0 unspecified atom stereocenters. The number of carboxylic acids is 1. The number of carbonyl (C=O) groups is 2. The highest BCUT2D eigenvalue weighted by Gasteiger charge is 2.21. The van der Waals surface area contributed by atoms with Gasteiger partial charge in [-0.1, -0.05) is 19.9 Å². The number of carbonyl (C=O) groups excluding carboxylic acids is 1. The Hall–Kier alpha value is -1.98. The topological polar surface area (TPSA) is 66.4 Å². The molecular weight excluding hydrogens is 280 g/mol. The standard InChI is InChI=1S/C15H19F2NO3/c1-15(2,7-6-12(19)20)8-9-18-14(21)13-10(16)4-3-5-11(13)17/h3-5H,6-9H2,1-2H3,(H,18,21)(H,19,20). The number of carboxylic acid groups (broad SMARTS) is 1. The first-order valence-corrected chi connectivity index (χ1v) is 6.67. The van der Waals surface area contributed by atoms with Crippen LogP contribution in [0.5, 0.6) is 0 Å². The van der Waals surface area contributed by atoms with Crippen LogP contribution in [0.4, 0.5) is 8.78 Å². The Morgan fingerprint density at radius 2 is 1.76 bits per heavy atom. The predicted octanol–water partition coefficient (Wildman–Crippen LogP) is 2.98. The number of hydrogen-bond donors (Lipinski definition) is 2. The van der Waals surface area contributed by atoms with Crippen molar-refractivity contribution < 1.29 is 23.5 Å². The first kappa shape index (κ1) is 17.1. The zero-order valence-electron chi connectivity index (χ0n) is 12.1. The first-order chi connectivity index (χ1) is 9.73. The third-order valence-corrected chi connectivity index (χ3v) is 3.29. The van der Waals surface area contributed by atoms with Crippen LogP contribution in [-0.4, -0.2) is 23.5 Å². The minimum absolute atomic E-state index is 0.0445. The van der Waals surface area contributed by atoms with Gasteiger partial charge in [0, 0.05) is 13.0 Å². The fraction of sp³-hybridized carbons (Fsp3) is 0.467. The molecule has 0 fully saturated rings. The summed E-state index contributed by atoms with van der Waals surface area (Å²) in [4.78, 5) is 22.3. The lowest BCUT2D eigenvalue weighted by Gasteiger charge is -2.23. The largest absolute Gasteiger partial charge is 0.481 e. The highest BCUT2D eigenvalue weighted by atomic mass is 19.1. The number of rotatable bonds is 7. The SMILES string of the molecule is CC(C)(CCNC(=O)c1c(F)cccc1F)CCC(=O)O. The van der Waals surface area contributed by atoms with E-state index in [-0.39, 0.29) is 18.4 Å². The van der Waals surface area contributed by atoms with E-state index in [4.69, 9.17) is 5.11 Å². The Morgan fingerprint density at radius 3 is 2.29 bits per heavy atom. The normalized spacial score (nSPS) is 11.2. The summed E-state index contributed by atoms with van der Waals surface area (Å²) in [6.07, 6.45) is 1.03. The van der Waals surface area contributed by atoms with Crippen molar-refractivity contribution in [2.24, 2.45) is 5.41 Å². The van der Waals surface area contributed by atoms with Crippen LogP contribution in [0.1, 0.15) is 43.5 Å². The molecule has 1 rings (SSSR count). The highest BCUT2D eigenvalue weighted by molar-refractivity contribution is 5.94. The van der Waals surface area contributed by atoms with Crippen LogP contribution < -0.4 is 5.32 Å². The van der Waals surface area contributed by atoms with Crippen LogP contribution >= 0.6 is 0 Å². The zero-order chi connectivity index (χ0) is 16.0. The second-order valence-electron chi connectivity index (χ2n) is 5.66. The molecule has 0 saturated heterocycles. The van der Waals surface area contributed by atoms with Crippen molar-refractivity contribution >= 4 is 11.9 Å². The molecule has 0 radical (unpaired) electrons. The molecule has 21 heavy (non-hydrogen) atoms. The monoisotopic (exact) mass is 299 g/mol. The molecule has 6 heteroatoms. The van der Waals surface area contributed by atoms with Crippen molar-refractivity contribution in [2.75, 3.05) is 6.54 Å². The molecule has 116 valence electrons. The van der Waals surface area contributed by atoms with E-state index in [2.05, 4.69) is 5.32 Å². The van der Waals surface area contributed by atoms with E-state index in [9.17, 15) is 18.4 Å². The number of amides is 1. The number of hydrogen-bond acceptors (Lipinski definition) is 2. The van der Waals surface area contributed by atoms with Crippen LogP contribution in [0.25, 0.3) is 0 Å². The van der Waals surface area contributed by atoms with Gasteiger partial charge in [0.05, 0.1) is 0 Å². The minimum atomic E-state index is -0.905. The summed E-state index contributed by atoms with van der Waals surface area (Å²) in [5.41, 5.74) is -0.875. The van der Waals surface area contributed by atoms with Gasteiger partial charge in [0.2, 0.25) is 0 Å². The van der Waals surface area contributed by atoms with Gasteiger partial charge >= 0.3 is 5.97 Å². The highest BCUT2D eigenvalue weighted by Crippen LogP contribution is 2.26. The van der Waals surface area contributed by atoms with Crippen molar-refractivity contribution in [2.45, 2.75) is 33.1 Å². The van der Waals surface area contributed by atoms with Gasteiger partial charge in [0.15, 0.2) is 0 Å². The van der Waals surface area contributed by atoms with E-state index in [0.717, 1.165) is 12.1 Å². The van der Waals surface area contributed by atoms with Crippen molar-refractivity contribution in [3.63, 3.8) is 0 Å². The Morgan fingerprint density at radius 1 is 1.19 bits per heavy atom. The lowest BCUT2D eigenvalue weighted by atomic mass is 9.84. The summed E-state index contributed by atoms with van der Waals surface area (Å²) in [5, 5.41) is 11.1. The van der Waals surface area contributed by atoms with Crippen LogP contribution in [0.2, 0.25) is 0 Å². The van der Waals surface area contributed by atoms with E-state index >= 15 is 0 Å². The van der Waals surface area contributed by atoms with Crippen molar-refractivity contribution in [3.8, 4) is 0 Å². The lowest BCUT2D eigenvalue weighted by Crippen LogP contribution is -2.29. The molecule has 0 aliphatic carbocycles. The molecular formula is C15H19F2NO3. The molecule has 0 aromatic heterocycles. The molecule has 0 bridgehead atoms. The van der Waals surface area contributed by atoms with Gasteiger partial charge in [-0.2, -0.15) is 0 Å². The maximum atomic E-state index is 13.4. The molecule has 0 aliphatic heterocycles. The van der Waals surface area contributed by atoms with E-state index in [0.29, 0.717) is 12.8 Å². The summed E-state index contributed by atoms with van der Waals surface area (Å²) >= 11 is 0. The first-order valence-electron chi connectivity index (χ1n) is 6.67. The van der Waals surface area contributed by atoms with Gasteiger partial charge in [0.25, 0.3) is 5.91 Å². The van der Waals surface area contributed by atoms with Crippen LogP contribution in [-0.2, 0) is 4.79 Å². The van der Waals surface area contributed by atoms with Crippen LogP contribution in [0, 0.1) is 17.0 Å². The maximum Gasteiger partial charge on any atom is 0.303 e. The van der Waals surface area contributed by atoms with Gasteiger partial charge in [0.1, 0.15) is 17.2 Å². The molecule has 0 aliphatic rings. The quantitative estimate of drug-likeness (QED) is 0.813. The van der Waals surface area contributed by atoms with Crippen molar-refractivity contribution in [1.29, 1.82) is 0 Å². The second-order valence-corrected chi connectivity index (χ2v) is 5.66. The van der Waals surface area contributed by atoms with Gasteiger partial charge in [-0.05, 0) is 30.4 Å². The maximum absolute atomic E-state index is 13.4. The lowest BCUT2D eigenvalue weighted by molar-refractivity contribution is -0.137. The zero-order valence-corrected chi connectivity index (χ0v) is 12.1. The molecule has 1 aromatic carbocycles. The van der Waals surface area contributed by atoms with E-state index < -0.39 is 29.1 Å². The number of nitrogens with one attached hydrogen (secondary N) is 1. The fourth-order valence-corrected chi connectivity index (χ4v) is 1.89. The van der Waals surface area contributed by atoms with Gasteiger partial charge < -0.3 is 10.4 Å². The molecule has 0 atom stereocenters. The third kappa shape index (κ3) is 5.49. The molecule has 2 N–H and O–H groups in total. The van der Waals surface area contributed by atoms with E-state index in [1.807, 2.05) is 13.8 Å². The summed E-state index contributed by atoms with van der Waals surface area (Å²) < 4.78 is 26.8. The van der Waals surface area contributed by atoms with E-state index in [1.165, 1.54) is 6.07 Å². The van der Waals surface area contributed by atoms with Crippen LogP contribution in [0.3, 0.4) is 0 Å². The molecule has 0 heterocycles. The second kappa shape index (κ2) is 7.15. The summed E-state index contributed by atoms with van der Waals surface area (Å²) in [5.74, 6) is -3.49. The average Bonchev–Trinajstić information content (AvgIpc) is 2.36. The molecule has 0 saturated carbocycles. The van der Waals surface area contributed by atoms with Crippen molar-refractivity contribution in [1.82, 2.24) is 5.32 Å². The minimum Gasteiger partial charge on any atom is -0.481 e. The number of benzene rings is 1. The Kier molecular flexibility index (Phi) is 5.81. The summed E-state index contributed by atoms with van der Waals surface area (Å²) in [6, 6.07) is 3.24. The molecule has 4 nitrogen and oxygen atoms in total. The smallest absolute Gasteiger partial charge is 0.303 e. The number of halogens is 2. The average molecular weight is 299 g/mol. The Labute approximate surface area is 122 Å². The Bertz CT molecular complexity index is 509. The van der Waals surface area contributed by atoms with Crippen molar-refractivity contribution in [3.05, 3.63) is 35.4 Å². The summed E-state index contributed by atoms with van der Waals surface area (Å²) in [7, 11) is 0. The van der Waals surface area contributed by atoms with Gasteiger partial charge in [-0.15, -0.1) is 0 Å². The third-order valence-electron chi connectivity index (χ3n) is 3.29. The fourth-order valence-electron chi connectivity index (χ4n) is 1.89. The Balaban J connectivity index is 2.52. The molecule has 1 aromatic rings. The number of aliphatic carboxylic acids is 1. The van der Waals surface area contributed by atoms with E-state index in [1.54, 1.807) is 0 Å². The van der Waals surface area contributed by atoms with Gasteiger partial charge in [-0.3, -0.25) is 9.59 Å². The molecule has 1 amide bonds. The predicted molar refractivity (Wildman–Crippen MR) is 74.0 cm³/mol.